The van der Waals surface area contributed by atoms with Crippen molar-refractivity contribution in [3.63, 3.8) is 0 Å². The largest absolute Gasteiger partial charge is 0.369 e. The van der Waals surface area contributed by atoms with E-state index in [-0.39, 0.29) is 4.90 Å². The van der Waals surface area contributed by atoms with Crippen molar-refractivity contribution in [2.24, 2.45) is 5.92 Å². The van der Waals surface area contributed by atoms with E-state index in [4.69, 9.17) is 0 Å². The Morgan fingerprint density at radius 2 is 2.12 bits per heavy atom. The SMILES string of the molecule is CC(C)CCCNc1ncccc1S(C)(=O)=O. The lowest BCUT2D eigenvalue weighted by molar-refractivity contribution is 0.566. The summed E-state index contributed by atoms with van der Waals surface area (Å²) in [4.78, 5) is 4.34. The van der Waals surface area contributed by atoms with Crippen molar-refractivity contribution in [2.45, 2.75) is 31.6 Å². The number of nitrogens with zero attached hydrogens (tertiary/aromatic N) is 1. The van der Waals surface area contributed by atoms with Crippen LogP contribution in [0.4, 0.5) is 5.82 Å². The molecular weight excluding hydrogens is 236 g/mol. The molecule has 1 aromatic heterocycles. The number of pyridine rings is 1. The molecule has 0 atom stereocenters. The van der Waals surface area contributed by atoms with Gasteiger partial charge < -0.3 is 5.32 Å². The topological polar surface area (TPSA) is 59.1 Å². The predicted molar refractivity (Wildman–Crippen MR) is 69.9 cm³/mol. The Labute approximate surface area is 103 Å². The van der Waals surface area contributed by atoms with Crippen LogP contribution in [0.5, 0.6) is 0 Å². The van der Waals surface area contributed by atoms with E-state index in [1.807, 2.05) is 0 Å². The molecule has 0 saturated carbocycles. The predicted octanol–water partition coefficient (Wildman–Crippen LogP) is 2.33. The van der Waals surface area contributed by atoms with Gasteiger partial charge in [0.05, 0.1) is 0 Å². The molecule has 5 heteroatoms. The first-order valence-electron chi connectivity index (χ1n) is 5.80. The zero-order valence-corrected chi connectivity index (χ0v) is 11.4. The first-order valence-corrected chi connectivity index (χ1v) is 7.69. The number of anilines is 1. The van der Waals surface area contributed by atoms with E-state index in [1.165, 1.54) is 6.26 Å². The summed E-state index contributed by atoms with van der Waals surface area (Å²) in [5, 5.41) is 3.08. The van der Waals surface area contributed by atoms with Crippen molar-refractivity contribution < 1.29 is 8.42 Å². The average Bonchev–Trinajstić information content (AvgIpc) is 2.23. The fraction of sp³-hybridized carbons (Fsp3) is 0.583. The molecule has 0 saturated heterocycles. The van der Waals surface area contributed by atoms with E-state index in [9.17, 15) is 8.42 Å². The van der Waals surface area contributed by atoms with Crippen LogP contribution in [0, 0.1) is 5.92 Å². The molecule has 17 heavy (non-hydrogen) atoms. The third-order valence-electron chi connectivity index (χ3n) is 2.42. The van der Waals surface area contributed by atoms with Gasteiger partial charge in [-0.1, -0.05) is 13.8 Å². The van der Waals surface area contributed by atoms with Crippen molar-refractivity contribution in [1.29, 1.82) is 0 Å². The van der Waals surface area contributed by atoms with E-state index in [2.05, 4.69) is 24.1 Å². The van der Waals surface area contributed by atoms with Gasteiger partial charge in [0, 0.05) is 19.0 Å². The van der Waals surface area contributed by atoms with Gasteiger partial charge in [0.2, 0.25) is 0 Å². The molecule has 0 aliphatic heterocycles. The molecular formula is C12H20N2O2S. The van der Waals surface area contributed by atoms with Crippen LogP contribution in [-0.4, -0.2) is 26.2 Å². The summed E-state index contributed by atoms with van der Waals surface area (Å²) in [6.45, 7) is 5.09. The van der Waals surface area contributed by atoms with Gasteiger partial charge in [-0.05, 0) is 30.9 Å². The highest BCUT2D eigenvalue weighted by atomic mass is 32.2. The molecule has 1 rings (SSSR count). The summed E-state index contributed by atoms with van der Waals surface area (Å²) in [6, 6.07) is 3.21. The van der Waals surface area contributed by atoms with E-state index in [0.29, 0.717) is 11.7 Å². The molecule has 1 N–H and O–H groups in total. The second kappa shape index (κ2) is 6.00. The van der Waals surface area contributed by atoms with Crippen LogP contribution in [0.15, 0.2) is 23.2 Å². The third-order valence-corrected chi connectivity index (χ3v) is 3.55. The first-order chi connectivity index (χ1) is 7.91. The maximum Gasteiger partial charge on any atom is 0.179 e. The number of hydrogen-bond acceptors (Lipinski definition) is 4. The molecule has 4 nitrogen and oxygen atoms in total. The van der Waals surface area contributed by atoms with Crippen LogP contribution in [0.25, 0.3) is 0 Å². The monoisotopic (exact) mass is 256 g/mol. The summed E-state index contributed by atoms with van der Waals surface area (Å²) in [5.74, 6) is 1.12. The minimum atomic E-state index is -3.21. The second-order valence-electron chi connectivity index (χ2n) is 4.59. The molecule has 0 aromatic carbocycles. The molecule has 0 fully saturated rings. The minimum absolute atomic E-state index is 0.268. The van der Waals surface area contributed by atoms with Crippen LogP contribution in [0.3, 0.4) is 0 Å². The Hall–Kier alpha value is -1.10. The fourth-order valence-electron chi connectivity index (χ4n) is 1.54. The molecule has 1 aromatic rings. The molecule has 0 aliphatic carbocycles. The lowest BCUT2D eigenvalue weighted by atomic mass is 10.1. The zero-order valence-electron chi connectivity index (χ0n) is 10.6. The lowest BCUT2D eigenvalue weighted by Gasteiger charge is -2.10. The van der Waals surface area contributed by atoms with Crippen LogP contribution >= 0.6 is 0 Å². The molecule has 96 valence electrons. The Kier molecular flexibility index (Phi) is 4.93. The van der Waals surface area contributed by atoms with Gasteiger partial charge >= 0.3 is 0 Å². The summed E-state index contributed by atoms with van der Waals surface area (Å²) in [7, 11) is -3.21. The van der Waals surface area contributed by atoms with Crippen molar-refractivity contribution in [1.82, 2.24) is 4.98 Å². The van der Waals surface area contributed by atoms with Gasteiger partial charge in [-0.25, -0.2) is 13.4 Å². The molecule has 0 bridgehead atoms. The zero-order chi connectivity index (χ0) is 12.9. The van der Waals surface area contributed by atoms with Gasteiger partial charge in [0.15, 0.2) is 9.84 Å². The maximum absolute atomic E-state index is 11.5. The average molecular weight is 256 g/mol. The molecule has 1 heterocycles. The number of hydrogen-bond donors (Lipinski definition) is 1. The number of nitrogens with one attached hydrogen (secondary N) is 1. The highest BCUT2D eigenvalue weighted by Gasteiger charge is 2.13. The van der Waals surface area contributed by atoms with Crippen LogP contribution in [0.1, 0.15) is 26.7 Å². The van der Waals surface area contributed by atoms with Crippen LogP contribution < -0.4 is 5.32 Å². The van der Waals surface area contributed by atoms with E-state index < -0.39 is 9.84 Å². The Morgan fingerprint density at radius 3 is 2.71 bits per heavy atom. The Balaban J connectivity index is 2.65. The summed E-state index contributed by atoms with van der Waals surface area (Å²) in [6.07, 6.45) is 4.92. The van der Waals surface area contributed by atoms with Crippen molar-refractivity contribution in [3.05, 3.63) is 18.3 Å². The Morgan fingerprint density at radius 1 is 1.41 bits per heavy atom. The Bertz CT molecular complexity index is 455. The highest BCUT2D eigenvalue weighted by molar-refractivity contribution is 7.90. The van der Waals surface area contributed by atoms with Crippen molar-refractivity contribution >= 4 is 15.7 Å². The normalized spacial score (nSPS) is 11.8. The number of sulfone groups is 1. The van der Waals surface area contributed by atoms with Gasteiger partial charge in [-0.2, -0.15) is 0 Å². The number of rotatable bonds is 6. The highest BCUT2D eigenvalue weighted by Crippen LogP contribution is 2.17. The molecule has 0 unspecified atom stereocenters. The standard InChI is InChI=1S/C12H20N2O2S/c1-10(2)6-4-8-13-12-11(17(3,15)16)7-5-9-14-12/h5,7,9-10H,4,6,8H2,1-3H3,(H,13,14). The number of aromatic nitrogens is 1. The molecule has 0 radical (unpaired) electrons. The van der Waals surface area contributed by atoms with Gasteiger partial charge in [-0.3, -0.25) is 0 Å². The van der Waals surface area contributed by atoms with Crippen LogP contribution in [0.2, 0.25) is 0 Å². The lowest BCUT2D eigenvalue weighted by Crippen LogP contribution is -2.09. The fourth-order valence-corrected chi connectivity index (χ4v) is 2.34. The molecule has 0 aliphatic rings. The van der Waals surface area contributed by atoms with Gasteiger partial charge in [-0.15, -0.1) is 0 Å². The minimum Gasteiger partial charge on any atom is -0.369 e. The summed E-state index contributed by atoms with van der Waals surface area (Å²) >= 11 is 0. The van der Waals surface area contributed by atoms with E-state index >= 15 is 0 Å². The summed E-state index contributed by atoms with van der Waals surface area (Å²) in [5.41, 5.74) is 0. The first kappa shape index (κ1) is 14.0. The molecule has 0 amide bonds. The maximum atomic E-state index is 11.5. The quantitative estimate of drug-likeness (QED) is 0.794. The van der Waals surface area contributed by atoms with Crippen molar-refractivity contribution in [2.75, 3.05) is 18.1 Å². The van der Waals surface area contributed by atoms with E-state index in [1.54, 1.807) is 18.3 Å². The van der Waals surface area contributed by atoms with Gasteiger partial charge in [0.1, 0.15) is 10.7 Å². The summed E-state index contributed by atoms with van der Waals surface area (Å²) < 4.78 is 23.0. The third kappa shape index (κ3) is 4.73. The van der Waals surface area contributed by atoms with Crippen LogP contribution in [-0.2, 0) is 9.84 Å². The van der Waals surface area contributed by atoms with Gasteiger partial charge in [0.25, 0.3) is 0 Å². The van der Waals surface area contributed by atoms with Crippen molar-refractivity contribution in [3.8, 4) is 0 Å². The smallest absolute Gasteiger partial charge is 0.179 e. The molecule has 0 spiro atoms. The van der Waals surface area contributed by atoms with E-state index in [0.717, 1.165) is 19.4 Å². The second-order valence-corrected chi connectivity index (χ2v) is 6.57.